The Bertz CT molecular complexity index is 308. The Labute approximate surface area is 87.7 Å². The lowest BCUT2D eigenvalue weighted by Crippen LogP contribution is -1.97. The average molecular weight is 188 g/mol. The predicted octanol–water partition coefficient (Wildman–Crippen LogP) is 4.41. The summed E-state index contributed by atoms with van der Waals surface area (Å²) in [5, 5.41) is 0. The van der Waals surface area contributed by atoms with Crippen molar-refractivity contribution in [2.45, 2.75) is 39.5 Å². The van der Waals surface area contributed by atoms with Gasteiger partial charge in [-0.2, -0.15) is 0 Å². The van der Waals surface area contributed by atoms with Crippen LogP contribution in [0.2, 0.25) is 0 Å². The molecule has 0 atom stereocenters. The summed E-state index contributed by atoms with van der Waals surface area (Å²) >= 11 is 0. The van der Waals surface area contributed by atoms with Crippen LogP contribution in [-0.2, 0) is 6.42 Å². The van der Waals surface area contributed by atoms with Gasteiger partial charge >= 0.3 is 0 Å². The molecule has 0 radical (unpaired) electrons. The predicted molar refractivity (Wildman–Crippen MR) is 64.6 cm³/mol. The first-order valence-electron chi connectivity index (χ1n) is 5.44. The molecule has 0 aliphatic rings. The van der Waals surface area contributed by atoms with E-state index in [0.29, 0.717) is 5.92 Å². The van der Waals surface area contributed by atoms with Crippen molar-refractivity contribution in [3.8, 4) is 0 Å². The van der Waals surface area contributed by atoms with Crippen LogP contribution in [0.5, 0.6) is 0 Å². The van der Waals surface area contributed by atoms with Crippen molar-refractivity contribution >= 4 is 6.08 Å². The van der Waals surface area contributed by atoms with Crippen molar-refractivity contribution in [3.05, 3.63) is 41.5 Å². The van der Waals surface area contributed by atoms with Crippen LogP contribution in [-0.4, -0.2) is 0 Å². The Morgan fingerprint density at radius 1 is 1.36 bits per heavy atom. The zero-order valence-corrected chi connectivity index (χ0v) is 9.51. The first-order valence-corrected chi connectivity index (χ1v) is 5.44. The summed E-state index contributed by atoms with van der Waals surface area (Å²) in [6, 6.07) is 6.58. The molecule has 0 fully saturated rings. The minimum Gasteiger partial charge on any atom is -0.0984 e. The lowest BCUT2D eigenvalue weighted by molar-refractivity contribution is 0.850. The van der Waals surface area contributed by atoms with Gasteiger partial charge in [-0.15, -0.1) is 0 Å². The molecule has 0 aliphatic heterocycles. The largest absolute Gasteiger partial charge is 0.0984 e. The molecule has 0 N–H and O–H groups in total. The molecule has 0 saturated carbocycles. The van der Waals surface area contributed by atoms with Crippen molar-refractivity contribution in [3.63, 3.8) is 0 Å². The maximum Gasteiger partial charge on any atom is -0.0196 e. The van der Waals surface area contributed by atoms with Gasteiger partial charge in [0.15, 0.2) is 0 Å². The van der Waals surface area contributed by atoms with Crippen molar-refractivity contribution < 1.29 is 0 Å². The molecule has 0 bridgehead atoms. The lowest BCUT2D eigenvalue weighted by atomic mass is 9.92. The van der Waals surface area contributed by atoms with Crippen LogP contribution in [0.15, 0.2) is 24.8 Å². The summed E-state index contributed by atoms with van der Waals surface area (Å²) in [7, 11) is 0. The van der Waals surface area contributed by atoms with E-state index in [0.717, 1.165) is 6.42 Å². The molecule has 0 heterocycles. The fraction of sp³-hybridized carbons (Fsp3) is 0.429. The second kappa shape index (κ2) is 4.99. The Kier molecular flexibility index (Phi) is 3.94. The van der Waals surface area contributed by atoms with Gasteiger partial charge in [-0.3, -0.25) is 0 Å². The van der Waals surface area contributed by atoms with Gasteiger partial charge in [0.2, 0.25) is 0 Å². The van der Waals surface area contributed by atoms with Crippen LogP contribution in [0.25, 0.3) is 6.08 Å². The molecular weight excluding hydrogens is 168 g/mol. The summed E-state index contributed by atoms with van der Waals surface area (Å²) in [5.74, 6) is 0.583. The summed E-state index contributed by atoms with van der Waals surface area (Å²) in [6.45, 7) is 10.6. The fourth-order valence-electron chi connectivity index (χ4n) is 1.87. The number of rotatable bonds is 4. The molecule has 1 rings (SSSR count). The van der Waals surface area contributed by atoms with E-state index in [1.54, 1.807) is 0 Å². The molecule has 0 aliphatic carbocycles. The first-order chi connectivity index (χ1) is 6.70. The molecule has 0 heteroatoms. The van der Waals surface area contributed by atoms with Crippen LogP contribution in [0.1, 0.15) is 49.8 Å². The molecule has 1 aromatic carbocycles. The van der Waals surface area contributed by atoms with E-state index >= 15 is 0 Å². The molecular formula is C14H20. The Hall–Kier alpha value is -1.04. The van der Waals surface area contributed by atoms with E-state index in [4.69, 9.17) is 0 Å². The van der Waals surface area contributed by atoms with Crippen LogP contribution < -0.4 is 0 Å². The van der Waals surface area contributed by atoms with Gasteiger partial charge in [0.05, 0.1) is 0 Å². The standard InChI is InChI=1S/C14H20/c1-5-8-12-9-7-10-14(11(3)4)13(12)6-2/h6-7,9-11H,2,5,8H2,1,3-4H3. The topological polar surface area (TPSA) is 0 Å². The highest BCUT2D eigenvalue weighted by Crippen LogP contribution is 2.24. The number of aryl methyl sites for hydroxylation is 1. The second-order valence-electron chi connectivity index (χ2n) is 4.03. The monoisotopic (exact) mass is 188 g/mol. The summed E-state index contributed by atoms with van der Waals surface area (Å²) in [6.07, 6.45) is 4.35. The highest BCUT2D eigenvalue weighted by molar-refractivity contribution is 5.57. The van der Waals surface area contributed by atoms with Crippen molar-refractivity contribution in [1.82, 2.24) is 0 Å². The summed E-state index contributed by atoms with van der Waals surface area (Å²) in [5.41, 5.74) is 4.21. The van der Waals surface area contributed by atoms with E-state index < -0.39 is 0 Å². The van der Waals surface area contributed by atoms with Gasteiger partial charge in [-0.25, -0.2) is 0 Å². The van der Waals surface area contributed by atoms with Crippen LogP contribution in [0.4, 0.5) is 0 Å². The third kappa shape index (κ3) is 2.25. The summed E-state index contributed by atoms with van der Waals surface area (Å²) in [4.78, 5) is 0. The molecule has 1 aromatic rings. The fourth-order valence-corrected chi connectivity index (χ4v) is 1.87. The van der Waals surface area contributed by atoms with Gasteiger partial charge in [0, 0.05) is 0 Å². The molecule has 0 nitrogen and oxygen atoms in total. The van der Waals surface area contributed by atoms with Gasteiger partial charge in [0.1, 0.15) is 0 Å². The number of hydrogen-bond donors (Lipinski definition) is 0. The number of benzene rings is 1. The highest BCUT2D eigenvalue weighted by atomic mass is 14.1. The smallest absolute Gasteiger partial charge is 0.0196 e. The maximum atomic E-state index is 3.92. The molecule has 0 saturated heterocycles. The molecule has 0 spiro atoms. The van der Waals surface area contributed by atoms with E-state index in [1.807, 2.05) is 6.08 Å². The van der Waals surface area contributed by atoms with Crippen LogP contribution >= 0.6 is 0 Å². The van der Waals surface area contributed by atoms with Gasteiger partial charge < -0.3 is 0 Å². The van der Waals surface area contributed by atoms with E-state index in [9.17, 15) is 0 Å². The van der Waals surface area contributed by atoms with E-state index in [1.165, 1.54) is 23.1 Å². The Balaban J connectivity index is 3.17. The quantitative estimate of drug-likeness (QED) is 0.656. The normalized spacial score (nSPS) is 10.6. The van der Waals surface area contributed by atoms with Crippen LogP contribution in [0, 0.1) is 0 Å². The average Bonchev–Trinajstić information content (AvgIpc) is 2.18. The van der Waals surface area contributed by atoms with Crippen molar-refractivity contribution in [2.24, 2.45) is 0 Å². The number of hydrogen-bond acceptors (Lipinski definition) is 0. The Morgan fingerprint density at radius 2 is 2.07 bits per heavy atom. The minimum absolute atomic E-state index is 0.583. The minimum atomic E-state index is 0.583. The molecule has 76 valence electrons. The maximum absolute atomic E-state index is 3.92. The SMILES string of the molecule is C=Cc1c(CCC)cccc1C(C)C. The zero-order chi connectivity index (χ0) is 10.6. The lowest BCUT2D eigenvalue weighted by Gasteiger charge is -2.13. The Morgan fingerprint density at radius 3 is 2.57 bits per heavy atom. The van der Waals surface area contributed by atoms with Crippen LogP contribution in [0.3, 0.4) is 0 Å². The van der Waals surface area contributed by atoms with Crippen molar-refractivity contribution in [1.29, 1.82) is 0 Å². The van der Waals surface area contributed by atoms with Gasteiger partial charge in [-0.05, 0) is 29.0 Å². The third-order valence-corrected chi connectivity index (χ3v) is 2.58. The summed E-state index contributed by atoms with van der Waals surface area (Å²) < 4.78 is 0. The zero-order valence-electron chi connectivity index (χ0n) is 9.51. The van der Waals surface area contributed by atoms with E-state index in [-0.39, 0.29) is 0 Å². The third-order valence-electron chi connectivity index (χ3n) is 2.58. The first kappa shape index (κ1) is 11.0. The second-order valence-corrected chi connectivity index (χ2v) is 4.03. The molecule has 14 heavy (non-hydrogen) atoms. The molecule has 0 aromatic heterocycles. The van der Waals surface area contributed by atoms with Gasteiger partial charge in [-0.1, -0.05) is 58.0 Å². The molecule has 0 amide bonds. The van der Waals surface area contributed by atoms with Gasteiger partial charge in [0.25, 0.3) is 0 Å². The molecule has 0 unspecified atom stereocenters. The highest BCUT2D eigenvalue weighted by Gasteiger charge is 2.07. The van der Waals surface area contributed by atoms with Crippen molar-refractivity contribution in [2.75, 3.05) is 0 Å². The van der Waals surface area contributed by atoms with E-state index in [2.05, 4.69) is 45.5 Å².